The average Bonchev–Trinajstić information content (AvgIpc) is 2.67. The molecule has 1 aromatic carbocycles. The summed E-state index contributed by atoms with van der Waals surface area (Å²) in [4.78, 5) is 28.8. The molecule has 1 amide bonds. The summed E-state index contributed by atoms with van der Waals surface area (Å²) in [6, 6.07) is 8.39. The van der Waals surface area contributed by atoms with E-state index >= 15 is 0 Å². The Bertz CT molecular complexity index is 779. The van der Waals surface area contributed by atoms with Gasteiger partial charge in [0, 0.05) is 18.5 Å². The van der Waals surface area contributed by atoms with Crippen molar-refractivity contribution in [3.8, 4) is 11.5 Å². The standard InChI is InChI=1S/C19H22N2O5/c1-19(12-17(22)26-4,13-7-9-20-10-8-13)21-18(23)15-6-5-14(24-2)11-16(15)25-3/h5-11H,12H2,1-4H3,(H,21,23)/t19-/m1/s1. The van der Waals surface area contributed by atoms with E-state index in [-0.39, 0.29) is 12.3 Å². The zero-order chi connectivity index (χ0) is 19.2. The lowest BCUT2D eigenvalue weighted by molar-refractivity contribution is -0.142. The third kappa shape index (κ3) is 4.30. The third-order valence-electron chi connectivity index (χ3n) is 4.09. The van der Waals surface area contributed by atoms with E-state index in [0.29, 0.717) is 17.1 Å². The summed E-state index contributed by atoms with van der Waals surface area (Å²) in [5.41, 5.74) is 0.0927. The molecule has 1 atom stereocenters. The molecule has 2 rings (SSSR count). The Morgan fingerprint density at radius 2 is 1.77 bits per heavy atom. The highest BCUT2D eigenvalue weighted by Crippen LogP contribution is 2.28. The largest absolute Gasteiger partial charge is 0.497 e. The van der Waals surface area contributed by atoms with Crippen LogP contribution in [0.15, 0.2) is 42.7 Å². The Morgan fingerprint density at radius 3 is 2.35 bits per heavy atom. The molecule has 0 unspecified atom stereocenters. The van der Waals surface area contributed by atoms with Gasteiger partial charge in [-0.15, -0.1) is 0 Å². The van der Waals surface area contributed by atoms with Gasteiger partial charge in [-0.2, -0.15) is 0 Å². The van der Waals surface area contributed by atoms with Crippen LogP contribution in [-0.4, -0.2) is 38.2 Å². The average molecular weight is 358 g/mol. The lowest BCUT2D eigenvalue weighted by Gasteiger charge is -2.30. The van der Waals surface area contributed by atoms with Crippen molar-refractivity contribution >= 4 is 11.9 Å². The highest BCUT2D eigenvalue weighted by Gasteiger charge is 2.33. The van der Waals surface area contributed by atoms with Gasteiger partial charge >= 0.3 is 5.97 Å². The van der Waals surface area contributed by atoms with Crippen LogP contribution in [0.4, 0.5) is 0 Å². The molecule has 0 spiro atoms. The van der Waals surface area contributed by atoms with Crippen LogP contribution in [0.3, 0.4) is 0 Å². The highest BCUT2D eigenvalue weighted by molar-refractivity contribution is 5.98. The van der Waals surface area contributed by atoms with Gasteiger partial charge in [0.1, 0.15) is 11.5 Å². The van der Waals surface area contributed by atoms with Crippen molar-refractivity contribution in [2.75, 3.05) is 21.3 Å². The predicted molar refractivity (Wildman–Crippen MR) is 95.2 cm³/mol. The zero-order valence-electron chi connectivity index (χ0n) is 15.2. The molecular weight excluding hydrogens is 336 g/mol. The minimum Gasteiger partial charge on any atom is -0.497 e. The molecule has 138 valence electrons. The number of hydrogen-bond acceptors (Lipinski definition) is 6. The number of aromatic nitrogens is 1. The first-order chi connectivity index (χ1) is 12.4. The number of esters is 1. The van der Waals surface area contributed by atoms with Crippen LogP contribution in [0.2, 0.25) is 0 Å². The van der Waals surface area contributed by atoms with Crippen molar-refractivity contribution in [2.45, 2.75) is 18.9 Å². The molecule has 0 radical (unpaired) electrons. The Morgan fingerprint density at radius 1 is 1.08 bits per heavy atom. The number of nitrogens with zero attached hydrogens (tertiary/aromatic N) is 1. The molecule has 0 aliphatic rings. The summed E-state index contributed by atoms with van der Waals surface area (Å²) in [6.45, 7) is 1.76. The van der Waals surface area contributed by atoms with E-state index in [0.717, 1.165) is 5.56 Å². The molecule has 1 heterocycles. The number of benzene rings is 1. The molecule has 0 saturated carbocycles. The fourth-order valence-electron chi connectivity index (χ4n) is 2.60. The van der Waals surface area contributed by atoms with E-state index < -0.39 is 11.5 Å². The SMILES string of the molecule is COC(=O)C[C@@](C)(NC(=O)c1ccc(OC)cc1OC)c1ccncc1. The molecule has 1 N–H and O–H groups in total. The van der Waals surface area contributed by atoms with Crippen molar-refractivity contribution in [3.05, 3.63) is 53.9 Å². The number of amides is 1. The molecule has 0 bridgehead atoms. The second kappa shape index (κ2) is 8.33. The molecule has 0 aliphatic carbocycles. The van der Waals surface area contributed by atoms with Gasteiger partial charge in [-0.3, -0.25) is 14.6 Å². The first kappa shape index (κ1) is 19.2. The molecule has 0 fully saturated rings. The quantitative estimate of drug-likeness (QED) is 0.765. The molecule has 26 heavy (non-hydrogen) atoms. The van der Waals surface area contributed by atoms with E-state index in [2.05, 4.69) is 10.3 Å². The Kier molecular flexibility index (Phi) is 6.16. The van der Waals surface area contributed by atoms with Crippen molar-refractivity contribution < 1.29 is 23.8 Å². The van der Waals surface area contributed by atoms with Crippen LogP contribution < -0.4 is 14.8 Å². The van der Waals surface area contributed by atoms with Crippen molar-refractivity contribution in [1.82, 2.24) is 10.3 Å². The Balaban J connectivity index is 2.36. The summed E-state index contributed by atoms with van der Waals surface area (Å²) in [7, 11) is 4.32. The maximum Gasteiger partial charge on any atom is 0.308 e. The predicted octanol–water partition coefficient (Wildman–Crippen LogP) is 2.31. The van der Waals surface area contributed by atoms with Gasteiger partial charge in [0.2, 0.25) is 0 Å². The third-order valence-corrected chi connectivity index (χ3v) is 4.09. The Hall–Kier alpha value is -3.09. The lowest BCUT2D eigenvalue weighted by Crippen LogP contribution is -2.45. The molecule has 1 aromatic heterocycles. The van der Waals surface area contributed by atoms with Gasteiger partial charge in [0.25, 0.3) is 5.91 Å². The van der Waals surface area contributed by atoms with Crippen LogP contribution in [0, 0.1) is 0 Å². The molecule has 7 nitrogen and oxygen atoms in total. The fourth-order valence-corrected chi connectivity index (χ4v) is 2.60. The van der Waals surface area contributed by atoms with Crippen molar-refractivity contribution in [2.24, 2.45) is 0 Å². The van der Waals surface area contributed by atoms with Gasteiger partial charge in [-0.1, -0.05) is 0 Å². The fraction of sp³-hybridized carbons (Fsp3) is 0.316. The van der Waals surface area contributed by atoms with E-state index in [4.69, 9.17) is 14.2 Å². The number of carbonyl (C=O) groups excluding carboxylic acids is 2. The maximum absolute atomic E-state index is 12.9. The second-order valence-electron chi connectivity index (χ2n) is 5.84. The number of hydrogen-bond donors (Lipinski definition) is 1. The van der Waals surface area contributed by atoms with Gasteiger partial charge in [-0.25, -0.2) is 0 Å². The number of methoxy groups -OCH3 is 3. The molecule has 0 aliphatic heterocycles. The lowest BCUT2D eigenvalue weighted by atomic mass is 9.88. The van der Waals surface area contributed by atoms with E-state index in [1.54, 1.807) is 49.6 Å². The minimum absolute atomic E-state index is 0.0300. The number of carbonyl (C=O) groups is 2. The molecular formula is C19H22N2O5. The maximum atomic E-state index is 12.9. The van der Waals surface area contributed by atoms with Crippen molar-refractivity contribution in [1.29, 1.82) is 0 Å². The van der Waals surface area contributed by atoms with E-state index in [9.17, 15) is 9.59 Å². The van der Waals surface area contributed by atoms with Crippen LogP contribution in [0.1, 0.15) is 29.3 Å². The topological polar surface area (TPSA) is 86.8 Å². The first-order valence-corrected chi connectivity index (χ1v) is 7.95. The van der Waals surface area contributed by atoms with Gasteiger partial charge in [0.15, 0.2) is 0 Å². The van der Waals surface area contributed by atoms with Crippen molar-refractivity contribution in [3.63, 3.8) is 0 Å². The second-order valence-corrected chi connectivity index (χ2v) is 5.84. The minimum atomic E-state index is -0.974. The number of rotatable bonds is 7. The van der Waals surface area contributed by atoms with Gasteiger partial charge < -0.3 is 19.5 Å². The normalized spacial score (nSPS) is 12.6. The van der Waals surface area contributed by atoms with Crippen LogP contribution >= 0.6 is 0 Å². The molecule has 0 saturated heterocycles. The smallest absolute Gasteiger partial charge is 0.308 e. The molecule has 7 heteroatoms. The summed E-state index contributed by atoms with van der Waals surface area (Å²) < 4.78 is 15.2. The zero-order valence-corrected chi connectivity index (χ0v) is 15.2. The number of pyridine rings is 1. The highest BCUT2D eigenvalue weighted by atomic mass is 16.5. The monoisotopic (exact) mass is 358 g/mol. The summed E-state index contributed by atoms with van der Waals surface area (Å²) in [6.07, 6.45) is 3.17. The summed E-state index contributed by atoms with van der Waals surface area (Å²) >= 11 is 0. The number of ether oxygens (including phenoxy) is 3. The summed E-state index contributed by atoms with van der Waals surface area (Å²) in [5.74, 6) is 0.126. The number of nitrogens with one attached hydrogen (secondary N) is 1. The molecule has 2 aromatic rings. The van der Waals surface area contributed by atoms with Gasteiger partial charge in [-0.05, 0) is 36.8 Å². The van der Waals surface area contributed by atoms with Crippen LogP contribution in [0.5, 0.6) is 11.5 Å². The first-order valence-electron chi connectivity index (χ1n) is 7.95. The summed E-state index contributed by atoms with van der Waals surface area (Å²) in [5, 5.41) is 2.92. The Labute approximate surface area is 152 Å². The van der Waals surface area contributed by atoms with E-state index in [1.807, 2.05) is 0 Å². The van der Waals surface area contributed by atoms with E-state index in [1.165, 1.54) is 21.3 Å². The van der Waals surface area contributed by atoms with Crippen LogP contribution in [0.25, 0.3) is 0 Å². The van der Waals surface area contributed by atoms with Gasteiger partial charge in [0.05, 0.1) is 38.9 Å². The van der Waals surface area contributed by atoms with Crippen LogP contribution in [-0.2, 0) is 15.1 Å².